The van der Waals surface area contributed by atoms with Crippen molar-refractivity contribution in [2.75, 3.05) is 24.4 Å². The number of hydrogen-bond acceptors (Lipinski definition) is 1. The molecule has 0 amide bonds. The van der Waals surface area contributed by atoms with Crippen molar-refractivity contribution in [1.29, 1.82) is 0 Å². The number of aromatic nitrogens is 2. The third-order valence-corrected chi connectivity index (χ3v) is 4.64. The molecule has 2 aromatic carbocycles. The molecule has 1 heterocycles. The molecular formula is C20H23ClN3+. The van der Waals surface area contributed by atoms with Crippen LogP contribution in [0.2, 0.25) is 0 Å². The number of hydrogen-bond donors (Lipinski definition) is 0. The summed E-state index contributed by atoms with van der Waals surface area (Å²) in [5.74, 6) is 1.80. The van der Waals surface area contributed by atoms with Crippen molar-refractivity contribution in [2.45, 2.75) is 0 Å². The molecule has 4 heteroatoms. The second-order valence-electron chi connectivity index (χ2n) is 6.00. The summed E-state index contributed by atoms with van der Waals surface area (Å²) in [4.78, 5) is 2.16. The molecule has 3 aromatic rings. The van der Waals surface area contributed by atoms with Gasteiger partial charge < -0.3 is 4.90 Å². The molecule has 0 fully saturated rings. The van der Waals surface area contributed by atoms with Crippen LogP contribution in [0.3, 0.4) is 0 Å². The molecule has 0 aliphatic heterocycles. The Morgan fingerprint density at radius 1 is 1.08 bits per heavy atom. The van der Waals surface area contributed by atoms with Gasteiger partial charge in [0.25, 0.3) is 5.82 Å². The van der Waals surface area contributed by atoms with Crippen LogP contribution in [0.5, 0.6) is 0 Å². The first-order chi connectivity index (χ1) is 11.6. The van der Waals surface area contributed by atoms with Gasteiger partial charge in [-0.15, -0.1) is 11.6 Å². The van der Waals surface area contributed by atoms with Crippen molar-refractivity contribution in [1.82, 2.24) is 4.57 Å². The maximum Gasteiger partial charge on any atom is 0.281 e. The summed E-state index contributed by atoms with van der Waals surface area (Å²) in [5.41, 5.74) is 4.83. The van der Waals surface area contributed by atoms with Gasteiger partial charge in [-0.05, 0) is 35.9 Å². The second kappa shape index (κ2) is 7.10. The molecule has 0 N–H and O–H groups in total. The van der Waals surface area contributed by atoms with Gasteiger partial charge in [0, 0.05) is 31.2 Å². The molecule has 0 aliphatic rings. The molecule has 0 aliphatic carbocycles. The van der Waals surface area contributed by atoms with E-state index in [4.69, 9.17) is 11.6 Å². The van der Waals surface area contributed by atoms with Gasteiger partial charge in [-0.25, -0.2) is 9.13 Å². The summed E-state index contributed by atoms with van der Waals surface area (Å²) in [7, 11) is 6.27. The van der Waals surface area contributed by atoms with Crippen LogP contribution >= 0.6 is 11.6 Å². The topological polar surface area (TPSA) is 12.1 Å². The highest BCUT2D eigenvalue weighted by Gasteiger charge is 2.16. The van der Waals surface area contributed by atoms with E-state index >= 15 is 0 Å². The third kappa shape index (κ3) is 3.17. The summed E-state index contributed by atoms with van der Waals surface area (Å²) in [6, 6.07) is 17.0. The SMILES string of the molecule is CN(CCCl)c1ccc(C=Cc2n(C)c3ccccc3[n+]2C)cc1. The van der Waals surface area contributed by atoms with Crippen LogP contribution in [0.15, 0.2) is 48.5 Å². The minimum absolute atomic E-state index is 0.635. The van der Waals surface area contributed by atoms with Crippen LogP contribution in [0.1, 0.15) is 11.4 Å². The monoisotopic (exact) mass is 340 g/mol. The number of anilines is 1. The van der Waals surface area contributed by atoms with Crippen LogP contribution in [0, 0.1) is 0 Å². The van der Waals surface area contributed by atoms with Crippen molar-refractivity contribution in [3.05, 3.63) is 59.9 Å². The zero-order chi connectivity index (χ0) is 17.1. The molecular weight excluding hydrogens is 318 g/mol. The van der Waals surface area contributed by atoms with Gasteiger partial charge in [-0.3, -0.25) is 0 Å². The molecule has 0 radical (unpaired) electrons. The van der Waals surface area contributed by atoms with Gasteiger partial charge in [-0.1, -0.05) is 24.3 Å². The zero-order valence-corrected chi connectivity index (χ0v) is 15.2. The van der Waals surface area contributed by atoms with Crippen molar-refractivity contribution in [3.63, 3.8) is 0 Å². The fourth-order valence-electron chi connectivity index (χ4n) is 2.99. The Kier molecular flexibility index (Phi) is 4.91. The highest BCUT2D eigenvalue weighted by Crippen LogP contribution is 2.17. The molecule has 0 unspecified atom stereocenters. The Morgan fingerprint density at radius 3 is 2.46 bits per heavy atom. The zero-order valence-electron chi connectivity index (χ0n) is 14.4. The van der Waals surface area contributed by atoms with E-state index in [9.17, 15) is 0 Å². The average Bonchev–Trinajstić information content (AvgIpc) is 2.85. The Morgan fingerprint density at radius 2 is 1.79 bits per heavy atom. The predicted molar refractivity (Wildman–Crippen MR) is 103 cm³/mol. The van der Waals surface area contributed by atoms with Crippen LogP contribution in [-0.2, 0) is 14.1 Å². The van der Waals surface area contributed by atoms with E-state index < -0.39 is 0 Å². The van der Waals surface area contributed by atoms with Crippen LogP contribution < -0.4 is 9.47 Å². The summed E-state index contributed by atoms with van der Waals surface area (Å²) < 4.78 is 4.43. The lowest BCUT2D eigenvalue weighted by Crippen LogP contribution is -2.30. The fourth-order valence-corrected chi connectivity index (χ4v) is 3.25. The van der Waals surface area contributed by atoms with Crippen molar-refractivity contribution < 1.29 is 4.57 Å². The molecule has 0 saturated heterocycles. The maximum absolute atomic E-state index is 5.80. The minimum atomic E-state index is 0.635. The van der Waals surface area contributed by atoms with E-state index in [1.807, 2.05) is 0 Å². The minimum Gasteiger partial charge on any atom is -0.373 e. The largest absolute Gasteiger partial charge is 0.373 e. The number of alkyl halides is 1. The Bertz CT molecular complexity index is 823. The summed E-state index contributed by atoms with van der Waals surface area (Å²) >= 11 is 5.80. The third-order valence-electron chi connectivity index (χ3n) is 4.47. The van der Waals surface area contributed by atoms with E-state index in [0.717, 1.165) is 6.54 Å². The van der Waals surface area contributed by atoms with Crippen molar-refractivity contribution in [3.8, 4) is 0 Å². The number of para-hydroxylation sites is 2. The van der Waals surface area contributed by atoms with Crippen molar-refractivity contribution >= 4 is 40.5 Å². The van der Waals surface area contributed by atoms with E-state index in [1.54, 1.807) is 0 Å². The van der Waals surface area contributed by atoms with E-state index in [2.05, 4.69) is 95.9 Å². The van der Waals surface area contributed by atoms with Gasteiger partial charge in [0.15, 0.2) is 11.0 Å². The number of aryl methyl sites for hydroxylation is 2. The highest BCUT2D eigenvalue weighted by atomic mass is 35.5. The molecule has 3 rings (SSSR count). The Hall–Kier alpha value is -2.26. The quantitative estimate of drug-likeness (QED) is 0.507. The predicted octanol–water partition coefficient (Wildman–Crippen LogP) is 3.85. The van der Waals surface area contributed by atoms with Gasteiger partial charge in [0.2, 0.25) is 0 Å². The number of halogens is 1. The van der Waals surface area contributed by atoms with E-state index in [-0.39, 0.29) is 0 Å². The number of rotatable bonds is 5. The lowest BCUT2D eigenvalue weighted by molar-refractivity contribution is -0.647. The first-order valence-electron chi connectivity index (χ1n) is 8.10. The number of benzene rings is 2. The Balaban J connectivity index is 1.86. The first-order valence-corrected chi connectivity index (χ1v) is 8.64. The summed E-state index contributed by atoms with van der Waals surface area (Å²) in [6.07, 6.45) is 4.32. The number of imidazole rings is 1. The van der Waals surface area contributed by atoms with Gasteiger partial charge in [0.1, 0.15) is 0 Å². The lowest BCUT2D eigenvalue weighted by Gasteiger charge is -2.17. The molecule has 1 aromatic heterocycles. The number of fused-ring (bicyclic) bond motifs is 1. The molecule has 0 spiro atoms. The smallest absolute Gasteiger partial charge is 0.281 e. The fraction of sp³-hybridized carbons (Fsp3) is 0.250. The molecule has 124 valence electrons. The average molecular weight is 341 g/mol. The van der Waals surface area contributed by atoms with Crippen LogP contribution in [0.25, 0.3) is 23.2 Å². The van der Waals surface area contributed by atoms with Gasteiger partial charge in [-0.2, -0.15) is 0 Å². The van der Waals surface area contributed by atoms with Gasteiger partial charge in [0.05, 0.1) is 14.1 Å². The standard InChI is InChI=1S/C20H23ClN3/c1-22(15-14-21)17-11-8-16(9-12-17)10-13-20-23(2)18-6-4-5-7-19(18)24(20)3/h4-13H,14-15H2,1-3H3/q+1. The van der Waals surface area contributed by atoms with E-state index in [0.29, 0.717) is 5.88 Å². The summed E-state index contributed by atoms with van der Waals surface area (Å²) in [6.45, 7) is 0.850. The molecule has 3 nitrogen and oxygen atoms in total. The molecule has 24 heavy (non-hydrogen) atoms. The first kappa shape index (κ1) is 16.6. The van der Waals surface area contributed by atoms with E-state index in [1.165, 1.54) is 28.1 Å². The van der Waals surface area contributed by atoms with Gasteiger partial charge >= 0.3 is 0 Å². The number of nitrogens with zero attached hydrogens (tertiary/aromatic N) is 3. The second-order valence-corrected chi connectivity index (χ2v) is 6.38. The maximum atomic E-state index is 5.80. The normalized spacial score (nSPS) is 11.5. The van der Waals surface area contributed by atoms with Crippen LogP contribution in [-0.4, -0.2) is 24.0 Å². The molecule has 0 saturated carbocycles. The molecule has 0 bridgehead atoms. The van der Waals surface area contributed by atoms with Crippen molar-refractivity contribution in [2.24, 2.45) is 14.1 Å². The summed E-state index contributed by atoms with van der Waals surface area (Å²) in [5, 5.41) is 0. The lowest BCUT2D eigenvalue weighted by atomic mass is 10.2. The molecule has 0 atom stereocenters. The van der Waals surface area contributed by atoms with Crippen LogP contribution in [0.4, 0.5) is 5.69 Å². The Labute approximate surface area is 148 Å². The highest BCUT2D eigenvalue weighted by molar-refractivity contribution is 6.18.